The predicted octanol–water partition coefficient (Wildman–Crippen LogP) is 1.08. The van der Waals surface area contributed by atoms with Gasteiger partial charge in [-0.2, -0.15) is 0 Å². The topological polar surface area (TPSA) is 38.5 Å². The molecule has 0 saturated carbocycles. The van der Waals surface area contributed by atoms with Crippen LogP contribution in [0.4, 0.5) is 0 Å². The fourth-order valence-corrected chi connectivity index (χ4v) is 1.99. The van der Waals surface area contributed by atoms with Crippen molar-refractivity contribution in [2.45, 2.75) is 39.4 Å². The van der Waals surface area contributed by atoms with Gasteiger partial charge in [0.05, 0.1) is 12.2 Å². The van der Waals surface area contributed by atoms with Crippen molar-refractivity contribution in [3.05, 3.63) is 0 Å². The summed E-state index contributed by atoms with van der Waals surface area (Å²) in [5, 5.41) is 0. The van der Waals surface area contributed by atoms with Crippen LogP contribution in [0.25, 0.3) is 0 Å². The monoisotopic (exact) mass is 200 g/mol. The second-order valence-electron chi connectivity index (χ2n) is 4.65. The number of ether oxygens (including phenoxy) is 1. The molecule has 0 bridgehead atoms. The molecule has 84 valence electrons. The summed E-state index contributed by atoms with van der Waals surface area (Å²) in [6, 6.07) is 0. The maximum absolute atomic E-state index is 5.68. The molecular formula is C11H24N2O. The molecule has 1 fully saturated rings. The summed E-state index contributed by atoms with van der Waals surface area (Å²) in [4.78, 5) is 2.49. The van der Waals surface area contributed by atoms with Crippen LogP contribution in [0, 0.1) is 5.92 Å². The van der Waals surface area contributed by atoms with Crippen LogP contribution in [0.1, 0.15) is 27.2 Å². The molecule has 0 spiro atoms. The second kappa shape index (κ2) is 5.69. The van der Waals surface area contributed by atoms with E-state index in [2.05, 4.69) is 25.7 Å². The molecule has 3 unspecified atom stereocenters. The molecule has 14 heavy (non-hydrogen) atoms. The minimum atomic E-state index is 0.381. The van der Waals surface area contributed by atoms with Gasteiger partial charge in [-0.1, -0.05) is 6.92 Å². The van der Waals surface area contributed by atoms with Crippen molar-refractivity contribution >= 4 is 0 Å². The van der Waals surface area contributed by atoms with Crippen molar-refractivity contribution < 1.29 is 4.74 Å². The molecule has 0 amide bonds. The highest BCUT2D eigenvalue weighted by atomic mass is 16.5. The zero-order valence-corrected chi connectivity index (χ0v) is 9.70. The first-order valence-electron chi connectivity index (χ1n) is 5.69. The number of morpholine rings is 1. The molecule has 0 aliphatic carbocycles. The Hall–Kier alpha value is -0.120. The molecule has 0 aromatic heterocycles. The number of hydrogen-bond donors (Lipinski definition) is 1. The summed E-state index contributed by atoms with van der Waals surface area (Å²) in [5.41, 5.74) is 5.60. The Morgan fingerprint density at radius 3 is 2.43 bits per heavy atom. The summed E-state index contributed by atoms with van der Waals surface area (Å²) >= 11 is 0. The smallest absolute Gasteiger partial charge is 0.0678 e. The van der Waals surface area contributed by atoms with Crippen LogP contribution in [-0.4, -0.2) is 43.3 Å². The highest BCUT2D eigenvalue weighted by Crippen LogP contribution is 2.12. The number of nitrogens with zero attached hydrogens (tertiary/aromatic N) is 1. The van der Waals surface area contributed by atoms with Crippen LogP contribution in [-0.2, 0) is 4.74 Å². The first-order valence-corrected chi connectivity index (χ1v) is 5.69. The molecule has 2 N–H and O–H groups in total. The fourth-order valence-electron chi connectivity index (χ4n) is 1.99. The minimum Gasteiger partial charge on any atom is -0.373 e. The van der Waals surface area contributed by atoms with Crippen LogP contribution in [0.3, 0.4) is 0 Å². The van der Waals surface area contributed by atoms with E-state index in [1.54, 1.807) is 0 Å². The maximum Gasteiger partial charge on any atom is 0.0678 e. The molecule has 0 radical (unpaired) electrons. The lowest BCUT2D eigenvalue weighted by molar-refractivity contribution is -0.0687. The van der Waals surface area contributed by atoms with Gasteiger partial charge in [-0.05, 0) is 39.3 Å². The summed E-state index contributed by atoms with van der Waals surface area (Å²) in [6.07, 6.45) is 1.97. The summed E-state index contributed by atoms with van der Waals surface area (Å²) < 4.78 is 5.68. The molecule has 3 atom stereocenters. The van der Waals surface area contributed by atoms with Gasteiger partial charge in [0.15, 0.2) is 0 Å². The standard InChI is InChI=1S/C11H24N2O/c1-9(6-12)4-5-13-7-10(2)14-11(3)8-13/h9-11H,4-8,12H2,1-3H3. The first kappa shape index (κ1) is 12.0. The fraction of sp³-hybridized carbons (Fsp3) is 1.00. The van der Waals surface area contributed by atoms with Crippen molar-refractivity contribution in [3.8, 4) is 0 Å². The van der Waals surface area contributed by atoms with Gasteiger partial charge in [-0.25, -0.2) is 0 Å². The van der Waals surface area contributed by atoms with Crippen LogP contribution >= 0.6 is 0 Å². The normalized spacial score (nSPS) is 31.7. The third kappa shape index (κ3) is 3.95. The van der Waals surface area contributed by atoms with E-state index in [0.717, 1.165) is 26.2 Å². The summed E-state index contributed by atoms with van der Waals surface area (Å²) in [6.45, 7) is 10.6. The first-order chi connectivity index (χ1) is 6.61. The van der Waals surface area contributed by atoms with Gasteiger partial charge in [-0.3, -0.25) is 4.90 Å². The summed E-state index contributed by atoms with van der Waals surface area (Å²) in [7, 11) is 0. The van der Waals surface area contributed by atoms with E-state index in [9.17, 15) is 0 Å². The van der Waals surface area contributed by atoms with E-state index >= 15 is 0 Å². The third-order valence-corrected chi connectivity index (χ3v) is 2.84. The largest absolute Gasteiger partial charge is 0.373 e. The molecule has 1 rings (SSSR count). The van der Waals surface area contributed by atoms with Crippen LogP contribution in [0.2, 0.25) is 0 Å². The van der Waals surface area contributed by atoms with Gasteiger partial charge in [0, 0.05) is 13.1 Å². The quantitative estimate of drug-likeness (QED) is 0.738. The number of hydrogen-bond acceptors (Lipinski definition) is 3. The average molecular weight is 200 g/mol. The molecular weight excluding hydrogens is 176 g/mol. The Balaban J connectivity index is 2.23. The van der Waals surface area contributed by atoms with Crippen molar-refractivity contribution in [2.75, 3.05) is 26.2 Å². The van der Waals surface area contributed by atoms with E-state index in [1.807, 2.05) is 0 Å². The molecule has 1 saturated heterocycles. The van der Waals surface area contributed by atoms with Crippen LogP contribution < -0.4 is 5.73 Å². The molecule has 1 aliphatic heterocycles. The van der Waals surface area contributed by atoms with E-state index in [1.165, 1.54) is 6.42 Å². The van der Waals surface area contributed by atoms with Gasteiger partial charge in [0.25, 0.3) is 0 Å². The second-order valence-corrected chi connectivity index (χ2v) is 4.65. The molecule has 1 heterocycles. The molecule has 3 nitrogen and oxygen atoms in total. The Bertz CT molecular complexity index is 153. The Labute approximate surface area is 87.6 Å². The predicted molar refractivity (Wildman–Crippen MR) is 59.3 cm³/mol. The van der Waals surface area contributed by atoms with Crippen molar-refractivity contribution in [1.29, 1.82) is 0 Å². The van der Waals surface area contributed by atoms with Gasteiger partial charge in [-0.15, -0.1) is 0 Å². The zero-order valence-electron chi connectivity index (χ0n) is 9.70. The molecule has 3 heteroatoms. The van der Waals surface area contributed by atoms with E-state index in [0.29, 0.717) is 18.1 Å². The van der Waals surface area contributed by atoms with Crippen LogP contribution in [0.5, 0.6) is 0 Å². The average Bonchev–Trinajstić information content (AvgIpc) is 2.12. The molecule has 0 aromatic rings. The highest BCUT2D eigenvalue weighted by molar-refractivity contribution is 4.73. The van der Waals surface area contributed by atoms with Crippen molar-refractivity contribution in [3.63, 3.8) is 0 Å². The summed E-state index contributed by atoms with van der Waals surface area (Å²) in [5.74, 6) is 0.642. The van der Waals surface area contributed by atoms with Gasteiger partial charge < -0.3 is 10.5 Å². The number of rotatable bonds is 4. The van der Waals surface area contributed by atoms with E-state index in [-0.39, 0.29) is 0 Å². The Morgan fingerprint density at radius 1 is 1.36 bits per heavy atom. The molecule has 0 aromatic carbocycles. The molecule has 1 aliphatic rings. The Morgan fingerprint density at radius 2 is 1.93 bits per heavy atom. The van der Waals surface area contributed by atoms with Gasteiger partial charge >= 0.3 is 0 Å². The Kier molecular flexibility index (Phi) is 4.85. The van der Waals surface area contributed by atoms with Crippen molar-refractivity contribution in [1.82, 2.24) is 4.90 Å². The highest BCUT2D eigenvalue weighted by Gasteiger charge is 2.21. The lowest BCUT2D eigenvalue weighted by Gasteiger charge is -2.35. The van der Waals surface area contributed by atoms with Gasteiger partial charge in [0.2, 0.25) is 0 Å². The third-order valence-electron chi connectivity index (χ3n) is 2.84. The SMILES string of the molecule is CC(CN)CCN1CC(C)OC(C)C1. The van der Waals surface area contributed by atoms with Crippen LogP contribution in [0.15, 0.2) is 0 Å². The zero-order chi connectivity index (χ0) is 10.6. The lowest BCUT2D eigenvalue weighted by atomic mass is 10.1. The minimum absolute atomic E-state index is 0.381. The lowest BCUT2D eigenvalue weighted by Crippen LogP contribution is -2.46. The van der Waals surface area contributed by atoms with E-state index in [4.69, 9.17) is 10.5 Å². The van der Waals surface area contributed by atoms with E-state index < -0.39 is 0 Å². The van der Waals surface area contributed by atoms with Gasteiger partial charge in [0.1, 0.15) is 0 Å². The number of nitrogens with two attached hydrogens (primary N) is 1. The van der Waals surface area contributed by atoms with Crippen molar-refractivity contribution in [2.24, 2.45) is 11.7 Å². The maximum atomic E-state index is 5.68.